The van der Waals surface area contributed by atoms with Gasteiger partial charge in [-0.1, -0.05) is 18.9 Å². The Morgan fingerprint density at radius 1 is 1.47 bits per heavy atom. The second-order valence-electron chi connectivity index (χ2n) is 5.18. The van der Waals surface area contributed by atoms with Gasteiger partial charge in [0.25, 0.3) is 0 Å². The molecule has 1 aliphatic carbocycles. The lowest BCUT2D eigenvalue weighted by Gasteiger charge is -2.53. The van der Waals surface area contributed by atoms with Gasteiger partial charge in [0, 0.05) is 12.1 Å². The Morgan fingerprint density at radius 3 is 3.07 bits per heavy atom. The van der Waals surface area contributed by atoms with Crippen molar-refractivity contribution in [3.63, 3.8) is 0 Å². The molecular formula is C13H23NO. The Morgan fingerprint density at radius 2 is 2.33 bits per heavy atom. The predicted octanol–water partition coefficient (Wildman–Crippen LogP) is 2.19. The van der Waals surface area contributed by atoms with Crippen LogP contribution in [0.1, 0.15) is 38.5 Å². The molecule has 2 unspecified atom stereocenters. The van der Waals surface area contributed by atoms with Crippen molar-refractivity contribution >= 4 is 0 Å². The molecule has 1 heterocycles. The summed E-state index contributed by atoms with van der Waals surface area (Å²) in [6, 6.07) is 0. The van der Waals surface area contributed by atoms with Gasteiger partial charge in [-0.2, -0.15) is 0 Å². The van der Waals surface area contributed by atoms with Crippen molar-refractivity contribution in [2.45, 2.75) is 44.1 Å². The molecule has 0 radical (unpaired) electrons. The number of fused-ring (bicyclic) bond motifs is 2. The molecule has 1 saturated heterocycles. The van der Waals surface area contributed by atoms with Crippen LogP contribution in [0.4, 0.5) is 0 Å². The van der Waals surface area contributed by atoms with Crippen molar-refractivity contribution < 1.29 is 5.11 Å². The van der Waals surface area contributed by atoms with Crippen molar-refractivity contribution in [2.75, 3.05) is 19.7 Å². The first-order chi connectivity index (χ1) is 7.30. The zero-order valence-corrected chi connectivity index (χ0v) is 9.62. The minimum atomic E-state index is 0.295. The maximum absolute atomic E-state index is 9.13. The Balaban J connectivity index is 2.12. The molecule has 2 nitrogen and oxygen atoms in total. The van der Waals surface area contributed by atoms with E-state index in [9.17, 15) is 0 Å². The third-order valence-corrected chi connectivity index (χ3v) is 4.30. The molecular weight excluding hydrogens is 186 g/mol. The predicted molar refractivity (Wildman–Crippen MR) is 62.8 cm³/mol. The van der Waals surface area contributed by atoms with Crippen LogP contribution in [-0.4, -0.2) is 35.2 Å². The monoisotopic (exact) mass is 209 g/mol. The van der Waals surface area contributed by atoms with Crippen LogP contribution in [0.3, 0.4) is 0 Å². The fourth-order valence-electron chi connectivity index (χ4n) is 3.62. The van der Waals surface area contributed by atoms with Gasteiger partial charge in [0.05, 0.1) is 6.61 Å². The summed E-state index contributed by atoms with van der Waals surface area (Å²) in [6.07, 6.45) is 9.92. The molecule has 2 bridgehead atoms. The van der Waals surface area contributed by atoms with Gasteiger partial charge < -0.3 is 5.11 Å². The number of aliphatic hydroxyl groups is 1. The van der Waals surface area contributed by atoms with E-state index < -0.39 is 0 Å². The van der Waals surface area contributed by atoms with E-state index in [0.717, 1.165) is 18.9 Å². The van der Waals surface area contributed by atoms with Gasteiger partial charge >= 0.3 is 0 Å². The molecule has 1 N–H and O–H groups in total. The SMILES string of the molecule is C=CCC12CCCC(CCN1CCO)C2. The number of hydrogen-bond acceptors (Lipinski definition) is 2. The van der Waals surface area contributed by atoms with E-state index in [4.69, 9.17) is 5.11 Å². The van der Waals surface area contributed by atoms with Gasteiger partial charge in [0.15, 0.2) is 0 Å². The first-order valence-corrected chi connectivity index (χ1v) is 6.27. The maximum Gasteiger partial charge on any atom is 0.0558 e. The highest BCUT2D eigenvalue weighted by molar-refractivity contribution is 5.02. The second-order valence-corrected chi connectivity index (χ2v) is 5.18. The first-order valence-electron chi connectivity index (χ1n) is 6.27. The second kappa shape index (κ2) is 4.67. The van der Waals surface area contributed by atoms with E-state index in [2.05, 4.69) is 17.6 Å². The fraction of sp³-hybridized carbons (Fsp3) is 0.846. The van der Waals surface area contributed by atoms with Gasteiger partial charge in [-0.05, 0) is 38.1 Å². The number of nitrogens with zero attached hydrogens (tertiary/aromatic N) is 1. The minimum Gasteiger partial charge on any atom is -0.395 e. The topological polar surface area (TPSA) is 23.5 Å². The van der Waals surface area contributed by atoms with Crippen molar-refractivity contribution in [3.8, 4) is 0 Å². The summed E-state index contributed by atoms with van der Waals surface area (Å²) in [6.45, 7) is 6.22. The average Bonchev–Trinajstić information content (AvgIpc) is 2.24. The molecule has 0 spiro atoms. The Labute approximate surface area is 93.0 Å². The van der Waals surface area contributed by atoms with E-state index in [1.807, 2.05) is 0 Å². The van der Waals surface area contributed by atoms with Gasteiger partial charge in [-0.15, -0.1) is 6.58 Å². The number of hydrogen-bond donors (Lipinski definition) is 1. The summed E-state index contributed by atoms with van der Waals surface area (Å²) < 4.78 is 0. The molecule has 2 rings (SSSR count). The van der Waals surface area contributed by atoms with E-state index in [1.54, 1.807) is 0 Å². The van der Waals surface area contributed by atoms with E-state index in [-0.39, 0.29) is 0 Å². The smallest absolute Gasteiger partial charge is 0.0558 e. The largest absolute Gasteiger partial charge is 0.395 e. The Hall–Kier alpha value is -0.340. The Bertz CT molecular complexity index is 229. The van der Waals surface area contributed by atoms with Crippen LogP contribution in [0.25, 0.3) is 0 Å². The highest BCUT2D eigenvalue weighted by Gasteiger charge is 2.43. The number of β-amino-alcohol motifs (C(OH)–C–C–N with tert-alkyl or cyclic N) is 1. The van der Waals surface area contributed by atoms with Crippen molar-refractivity contribution in [1.29, 1.82) is 0 Å². The van der Waals surface area contributed by atoms with E-state index in [1.165, 1.54) is 38.6 Å². The fourth-order valence-corrected chi connectivity index (χ4v) is 3.62. The summed E-state index contributed by atoms with van der Waals surface area (Å²) in [4.78, 5) is 2.52. The molecule has 0 aromatic heterocycles. The van der Waals surface area contributed by atoms with Gasteiger partial charge in [0.2, 0.25) is 0 Å². The van der Waals surface area contributed by atoms with Crippen LogP contribution in [0.2, 0.25) is 0 Å². The van der Waals surface area contributed by atoms with Crippen LogP contribution in [0.5, 0.6) is 0 Å². The van der Waals surface area contributed by atoms with Gasteiger partial charge in [0.1, 0.15) is 0 Å². The molecule has 2 fully saturated rings. The molecule has 15 heavy (non-hydrogen) atoms. The summed E-state index contributed by atoms with van der Waals surface area (Å²) in [7, 11) is 0. The molecule has 2 heteroatoms. The van der Waals surface area contributed by atoms with E-state index in [0.29, 0.717) is 12.1 Å². The Kier molecular flexibility index (Phi) is 3.47. The molecule has 86 valence electrons. The third kappa shape index (κ3) is 2.11. The summed E-state index contributed by atoms with van der Waals surface area (Å²) in [5.41, 5.74) is 0.353. The summed E-state index contributed by atoms with van der Waals surface area (Å²) in [5.74, 6) is 0.939. The molecule has 2 aliphatic rings. The van der Waals surface area contributed by atoms with Crippen LogP contribution in [0, 0.1) is 5.92 Å². The number of rotatable bonds is 4. The normalized spacial score (nSPS) is 36.5. The number of aliphatic hydroxyl groups excluding tert-OH is 1. The first kappa shape index (κ1) is 11.2. The van der Waals surface area contributed by atoms with Crippen molar-refractivity contribution in [1.82, 2.24) is 4.90 Å². The van der Waals surface area contributed by atoms with Crippen molar-refractivity contribution in [2.24, 2.45) is 5.92 Å². The minimum absolute atomic E-state index is 0.295. The number of likely N-dealkylation sites (tertiary alicyclic amines) is 1. The van der Waals surface area contributed by atoms with Crippen molar-refractivity contribution in [3.05, 3.63) is 12.7 Å². The molecule has 0 amide bonds. The molecule has 2 atom stereocenters. The van der Waals surface area contributed by atoms with Crippen LogP contribution >= 0.6 is 0 Å². The van der Waals surface area contributed by atoms with Crippen LogP contribution in [-0.2, 0) is 0 Å². The lowest BCUT2D eigenvalue weighted by Crippen LogP contribution is -2.56. The van der Waals surface area contributed by atoms with Gasteiger partial charge in [-0.3, -0.25) is 4.90 Å². The zero-order chi connectivity index (χ0) is 10.7. The summed E-state index contributed by atoms with van der Waals surface area (Å²) >= 11 is 0. The van der Waals surface area contributed by atoms with Gasteiger partial charge in [-0.25, -0.2) is 0 Å². The third-order valence-electron chi connectivity index (χ3n) is 4.30. The molecule has 1 saturated carbocycles. The molecule has 0 aromatic carbocycles. The zero-order valence-electron chi connectivity index (χ0n) is 9.62. The maximum atomic E-state index is 9.13. The quantitative estimate of drug-likeness (QED) is 0.717. The van der Waals surface area contributed by atoms with Crippen LogP contribution in [0.15, 0.2) is 12.7 Å². The standard InChI is InChI=1S/C13H23NO/c1-2-6-13-7-3-4-12(11-13)5-8-14(13)9-10-15/h2,12,15H,1,3-11H2. The molecule has 0 aromatic rings. The lowest BCUT2D eigenvalue weighted by atomic mass is 9.69. The lowest BCUT2D eigenvalue weighted by molar-refractivity contribution is -0.0212. The highest BCUT2D eigenvalue weighted by atomic mass is 16.3. The molecule has 1 aliphatic heterocycles. The highest BCUT2D eigenvalue weighted by Crippen LogP contribution is 2.44. The summed E-state index contributed by atoms with van der Waals surface area (Å²) in [5, 5.41) is 9.13. The van der Waals surface area contributed by atoms with E-state index >= 15 is 0 Å². The van der Waals surface area contributed by atoms with Crippen LogP contribution < -0.4 is 0 Å². The number of piperidine rings is 1. The average molecular weight is 209 g/mol.